The van der Waals surface area contributed by atoms with Crippen molar-refractivity contribution in [3.63, 3.8) is 0 Å². The van der Waals surface area contributed by atoms with Gasteiger partial charge in [-0.15, -0.1) is 0 Å². The number of rotatable bonds is 6. The van der Waals surface area contributed by atoms with Crippen molar-refractivity contribution in [3.8, 4) is 0 Å². The van der Waals surface area contributed by atoms with Gasteiger partial charge in [-0.3, -0.25) is 4.90 Å². The largest absolute Gasteiger partial charge is 0.379 e. The Labute approximate surface area is 162 Å². The summed E-state index contributed by atoms with van der Waals surface area (Å²) in [4.78, 5) is 2.56. The molecule has 1 N–H and O–H groups in total. The third-order valence-electron chi connectivity index (χ3n) is 5.11. The fourth-order valence-electron chi connectivity index (χ4n) is 3.19. The highest BCUT2D eigenvalue weighted by Gasteiger charge is 2.24. The standard InChI is InChI=1S/C21H28N2O3S/c1-16-4-7-19(8-5-16)21(15-23-10-12-26-13-11-23)22-27(24,25)20-9-6-17(2)18(3)14-20/h4-9,14,21-22H,10-13,15H2,1-3H3. The molecule has 0 radical (unpaired) electrons. The van der Waals surface area contributed by atoms with Crippen molar-refractivity contribution in [3.05, 3.63) is 64.7 Å². The average molecular weight is 389 g/mol. The monoisotopic (exact) mass is 388 g/mol. The number of benzene rings is 2. The average Bonchev–Trinajstić information content (AvgIpc) is 2.64. The van der Waals surface area contributed by atoms with E-state index in [1.165, 1.54) is 0 Å². The van der Waals surface area contributed by atoms with Crippen molar-refractivity contribution < 1.29 is 13.2 Å². The molecule has 0 spiro atoms. The van der Waals surface area contributed by atoms with Crippen molar-refractivity contribution >= 4 is 10.0 Å². The number of morpholine rings is 1. The fraction of sp³-hybridized carbons (Fsp3) is 0.429. The van der Waals surface area contributed by atoms with E-state index in [9.17, 15) is 8.42 Å². The first-order valence-corrected chi connectivity index (χ1v) is 10.8. The van der Waals surface area contributed by atoms with Gasteiger partial charge < -0.3 is 4.74 Å². The zero-order valence-corrected chi connectivity index (χ0v) is 17.1. The minimum Gasteiger partial charge on any atom is -0.379 e. The van der Waals surface area contributed by atoms with E-state index in [-0.39, 0.29) is 6.04 Å². The number of ether oxygens (including phenoxy) is 1. The summed E-state index contributed by atoms with van der Waals surface area (Å²) in [6.45, 7) is 9.55. The maximum atomic E-state index is 13.0. The highest BCUT2D eigenvalue weighted by Crippen LogP contribution is 2.21. The van der Waals surface area contributed by atoms with Crippen molar-refractivity contribution in [2.75, 3.05) is 32.8 Å². The first-order chi connectivity index (χ1) is 12.8. The van der Waals surface area contributed by atoms with Crippen LogP contribution < -0.4 is 4.72 Å². The highest BCUT2D eigenvalue weighted by molar-refractivity contribution is 7.89. The molecular formula is C21H28N2O3S. The Morgan fingerprint density at radius 3 is 2.30 bits per heavy atom. The van der Waals surface area contributed by atoms with E-state index >= 15 is 0 Å². The Morgan fingerprint density at radius 1 is 1.00 bits per heavy atom. The molecule has 1 saturated heterocycles. The predicted molar refractivity (Wildman–Crippen MR) is 107 cm³/mol. The summed E-state index contributed by atoms with van der Waals surface area (Å²) in [6, 6.07) is 13.0. The first kappa shape index (κ1) is 20.0. The van der Waals surface area contributed by atoms with Crippen molar-refractivity contribution in [2.45, 2.75) is 31.7 Å². The van der Waals surface area contributed by atoms with Crippen LogP contribution in [0, 0.1) is 20.8 Å². The van der Waals surface area contributed by atoms with Crippen LogP contribution in [0.5, 0.6) is 0 Å². The lowest BCUT2D eigenvalue weighted by molar-refractivity contribution is 0.0345. The van der Waals surface area contributed by atoms with E-state index in [1.807, 2.05) is 51.1 Å². The zero-order valence-electron chi connectivity index (χ0n) is 16.2. The van der Waals surface area contributed by atoms with Crippen LogP contribution in [0.2, 0.25) is 0 Å². The Hall–Kier alpha value is -1.73. The summed E-state index contributed by atoms with van der Waals surface area (Å²) in [5, 5.41) is 0. The summed E-state index contributed by atoms with van der Waals surface area (Å²) in [5.74, 6) is 0. The van der Waals surface area contributed by atoms with Gasteiger partial charge in [-0.25, -0.2) is 13.1 Å². The van der Waals surface area contributed by atoms with Gasteiger partial charge in [-0.05, 0) is 49.6 Å². The quantitative estimate of drug-likeness (QED) is 0.827. The number of aryl methyl sites for hydroxylation is 3. The predicted octanol–water partition coefficient (Wildman–Crippen LogP) is 2.96. The lowest BCUT2D eigenvalue weighted by Crippen LogP contribution is -2.43. The third kappa shape index (κ3) is 5.17. The number of nitrogens with zero attached hydrogens (tertiary/aromatic N) is 1. The fourth-order valence-corrected chi connectivity index (χ4v) is 4.49. The maximum absolute atomic E-state index is 13.0. The van der Waals surface area contributed by atoms with Crippen LogP contribution in [-0.2, 0) is 14.8 Å². The molecular weight excluding hydrogens is 360 g/mol. The molecule has 1 aliphatic rings. The lowest BCUT2D eigenvalue weighted by atomic mass is 10.1. The molecule has 0 amide bonds. The molecule has 1 fully saturated rings. The molecule has 27 heavy (non-hydrogen) atoms. The van der Waals surface area contributed by atoms with Gasteiger partial charge in [0.15, 0.2) is 0 Å². The molecule has 0 aromatic heterocycles. The van der Waals surface area contributed by atoms with Gasteiger partial charge in [0.1, 0.15) is 0 Å². The van der Waals surface area contributed by atoms with Gasteiger partial charge in [0.05, 0.1) is 24.2 Å². The Bertz CT molecular complexity index is 873. The Balaban J connectivity index is 1.86. The smallest absolute Gasteiger partial charge is 0.241 e. The van der Waals surface area contributed by atoms with Gasteiger partial charge in [0.25, 0.3) is 0 Å². The van der Waals surface area contributed by atoms with Gasteiger partial charge in [-0.1, -0.05) is 35.9 Å². The molecule has 2 aromatic carbocycles. The van der Waals surface area contributed by atoms with E-state index < -0.39 is 10.0 Å². The van der Waals surface area contributed by atoms with Crippen molar-refractivity contribution in [1.29, 1.82) is 0 Å². The van der Waals surface area contributed by atoms with Crippen LogP contribution in [0.25, 0.3) is 0 Å². The third-order valence-corrected chi connectivity index (χ3v) is 6.58. The van der Waals surface area contributed by atoms with Gasteiger partial charge in [-0.2, -0.15) is 0 Å². The van der Waals surface area contributed by atoms with E-state index in [1.54, 1.807) is 12.1 Å². The molecule has 146 valence electrons. The van der Waals surface area contributed by atoms with Crippen molar-refractivity contribution in [1.82, 2.24) is 9.62 Å². The zero-order chi connectivity index (χ0) is 19.4. The van der Waals surface area contributed by atoms with Crippen LogP contribution in [0.1, 0.15) is 28.3 Å². The molecule has 0 bridgehead atoms. The van der Waals surface area contributed by atoms with E-state index in [4.69, 9.17) is 4.74 Å². The molecule has 1 heterocycles. The second kappa shape index (κ2) is 8.52. The Morgan fingerprint density at radius 2 is 1.67 bits per heavy atom. The normalized spacial score (nSPS) is 17.0. The highest BCUT2D eigenvalue weighted by atomic mass is 32.2. The summed E-state index contributed by atoms with van der Waals surface area (Å²) in [7, 11) is -3.62. The van der Waals surface area contributed by atoms with E-state index in [0.717, 1.165) is 35.3 Å². The molecule has 1 atom stereocenters. The number of hydrogen-bond donors (Lipinski definition) is 1. The van der Waals surface area contributed by atoms with Gasteiger partial charge in [0, 0.05) is 19.6 Å². The summed E-state index contributed by atoms with van der Waals surface area (Å²) < 4.78 is 34.4. The molecule has 3 rings (SSSR count). The first-order valence-electron chi connectivity index (χ1n) is 9.31. The molecule has 2 aromatic rings. The lowest BCUT2D eigenvalue weighted by Gasteiger charge is -2.31. The second-order valence-electron chi connectivity index (χ2n) is 7.24. The topological polar surface area (TPSA) is 58.6 Å². The van der Waals surface area contributed by atoms with Crippen LogP contribution in [0.3, 0.4) is 0 Å². The molecule has 5 nitrogen and oxygen atoms in total. The second-order valence-corrected chi connectivity index (χ2v) is 8.96. The molecule has 0 saturated carbocycles. The van der Waals surface area contributed by atoms with E-state index in [2.05, 4.69) is 9.62 Å². The molecule has 1 unspecified atom stereocenters. The van der Waals surface area contributed by atoms with Crippen LogP contribution in [0.4, 0.5) is 0 Å². The van der Waals surface area contributed by atoms with Crippen LogP contribution >= 0.6 is 0 Å². The van der Waals surface area contributed by atoms with Gasteiger partial charge >= 0.3 is 0 Å². The van der Waals surface area contributed by atoms with Crippen LogP contribution in [0.15, 0.2) is 47.4 Å². The summed E-state index contributed by atoms with van der Waals surface area (Å²) in [6.07, 6.45) is 0. The Kier molecular flexibility index (Phi) is 6.32. The molecule has 6 heteroatoms. The van der Waals surface area contributed by atoms with Crippen molar-refractivity contribution in [2.24, 2.45) is 0 Å². The molecule has 1 aliphatic heterocycles. The number of hydrogen-bond acceptors (Lipinski definition) is 4. The van der Waals surface area contributed by atoms with Gasteiger partial charge in [0.2, 0.25) is 10.0 Å². The van der Waals surface area contributed by atoms with E-state index in [0.29, 0.717) is 24.7 Å². The number of nitrogens with one attached hydrogen (secondary N) is 1. The molecule has 0 aliphatic carbocycles. The number of sulfonamides is 1. The minimum atomic E-state index is -3.62. The minimum absolute atomic E-state index is 0.310. The SMILES string of the molecule is Cc1ccc(C(CN2CCOCC2)NS(=O)(=O)c2ccc(C)c(C)c2)cc1. The van der Waals surface area contributed by atoms with Crippen LogP contribution in [-0.4, -0.2) is 46.2 Å². The summed E-state index contributed by atoms with van der Waals surface area (Å²) >= 11 is 0. The summed E-state index contributed by atoms with van der Waals surface area (Å²) in [5.41, 5.74) is 4.18. The maximum Gasteiger partial charge on any atom is 0.241 e.